The Kier molecular flexibility index (Phi) is 46.3. The third kappa shape index (κ3) is 43.4. The van der Waals surface area contributed by atoms with Gasteiger partial charge in [-0.1, -0.05) is 99.3 Å². The fourth-order valence-electron chi connectivity index (χ4n) is 10.2. The van der Waals surface area contributed by atoms with Gasteiger partial charge < -0.3 is 0 Å². The van der Waals surface area contributed by atoms with Gasteiger partial charge in [0.25, 0.3) is 0 Å². The van der Waals surface area contributed by atoms with Crippen LogP contribution in [0.1, 0.15) is 325 Å². The summed E-state index contributed by atoms with van der Waals surface area (Å²) in [5.74, 6) is 2.67. The van der Waals surface area contributed by atoms with Crippen LogP contribution in [-0.4, -0.2) is 0 Å². The van der Waals surface area contributed by atoms with E-state index in [4.69, 9.17) is 0 Å². The zero-order chi connectivity index (χ0) is 42.6. The van der Waals surface area contributed by atoms with Crippen LogP contribution in [-0.2, 0) is 16.6 Å². The maximum atomic E-state index is 2.68. The summed E-state index contributed by atoms with van der Waals surface area (Å²) in [5, 5.41) is 0. The second-order valence-electron chi connectivity index (χ2n) is 22.1. The Balaban J connectivity index is 4.34. The molecule has 0 nitrogen and oxygen atoms in total. The average molecular weight is 851 g/mol. The zero-order valence-electron chi connectivity index (χ0n) is 42.6. The van der Waals surface area contributed by atoms with Crippen LogP contribution in [0.3, 0.4) is 0 Å². The summed E-state index contributed by atoms with van der Waals surface area (Å²) in [6.45, 7) is 19.6. The Hall–Kier alpha value is 0.714. The fraction of sp³-hybridized carbons (Fsp3) is 1.00. The first-order valence-electron chi connectivity index (χ1n) is 28.2. The summed E-state index contributed by atoms with van der Waals surface area (Å²) >= 11 is -1.83. The SMILES string of the molecule is CC(C)CCCCCCCCCCCCCC[CH2][Ti]([CH2]CCCCCCCCCCCCCCC(C)C)([CH2]CCCCCCCCCCCCCCC(C)C)[CH](C)C. The molecule has 1 heteroatoms. The topological polar surface area (TPSA) is 0 Å². The Labute approximate surface area is 375 Å². The molecule has 0 N–H and O–H groups in total. The van der Waals surface area contributed by atoms with E-state index in [0.717, 1.165) is 22.0 Å². The van der Waals surface area contributed by atoms with Crippen LogP contribution in [0.15, 0.2) is 0 Å². The van der Waals surface area contributed by atoms with Crippen LogP contribution in [0.4, 0.5) is 0 Å². The first kappa shape index (κ1) is 58.7. The quantitative estimate of drug-likeness (QED) is 0.0423. The van der Waals surface area contributed by atoms with Gasteiger partial charge in [-0.05, 0) is 17.8 Å². The molecule has 0 heterocycles. The van der Waals surface area contributed by atoms with Crippen LogP contribution in [0.2, 0.25) is 18.4 Å². The van der Waals surface area contributed by atoms with Gasteiger partial charge in [-0.25, -0.2) is 0 Å². The van der Waals surface area contributed by atoms with Crippen molar-refractivity contribution < 1.29 is 16.6 Å². The van der Waals surface area contributed by atoms with E-state index in [-0.39, 0.29) is 0 Å². The summed E-state index contributed by atoms with van der Waals surface area (Å²) in [6, 6.07) is 0. The summed E-state index contributed by atoms with van der Waals surface area (Å²) in [6.07, 6.45) is 62.8. The van der Waals surface area contributed by atoms with Crippen LogP contribution in [0.25, 0.3) is 0 Å². The second-order valence-corrected chi connectivity index (χ2v) is 30.5. The van der Waals surface area contributed by atoms with Crippen LogP contribution < -0.4 is 0 Å². The van der Waals surface area contributed by atoms with E-state index in [2.05, 4.69) is 55.4 Å². The molecule has 0 atom stereocenters. The Morgan fingerprint density at radius 3 is 0.466 bits per heavy atom. The van der Waals surface area contributed by atoms with E-state index < -0.39 is 16.6 Å². The molecular formula is C57H118Ti. The Morgan fingerprint density at radius 1 is 0.190 bits per heavy atom. The third-order valence-electron chi connectivity index (χ3n) is 14.6. The van der Waals surface area contributed by atoms with Crippen molar-refractivity contribution in [2.45, 2.75) is 343 Å². The van der Waals surface area contributed by atoms with E-state index in [1.54, 1.807) is 33.4 Å². The van der Waals surface area contributed by atoms with Crippen molar-refractivity contribution in [3.63, 3.8) is 0 Å². The molecule has 0 aliphatic rings. The van der Waals surface area contributed by atoms with Crippen molar-refractivity contribution >= 4 is 0 Å². The summed E-state index contributed by atoms with van der Waals surface area (Å²) in [4.78, 5) is 0. The Morgan fingerprint density at radius 2 is 0.328 bits per heavy atom. The average Bonchev–Trinajstić information content (AvgIpc) is 3.18. The first-order valence-corrected chi connectivity index (χ1v) is 32.4. The van der Waals surface area contributed by atoms with Crippen molar-refractivity contribution in [1.82, 2.24) is 0 Å². The van der Waals surface area contributed by atoms with Gasteiger partial charge in [-0.15, -0.1) is 0 Å². The number of hydrogen-bond acceptors (Lipinski definition) is 0. The molecule has 0 aliphatic carbocycles. The van der Waals surface area contributed by atoms with Gasteiger partial charge in [-0.3, -0.25) is 0 Å². The van der Waals surface area contributed by atoms with Crippen molar-refractivity contribution in [3.8, 4) is 0 Å². The summed E-state index contributed by atoms with van der Waals surface area (Å²) in [5.41, 5.74) is 0. The molecule has 0 amide bonds. The third-order valence-corrected chi connectivity index (χ3v) is 24.7. The molecule has 0 saturated carbocycles. The van der Waals surface area contributed by atoms with Gasteiger partial charge in [-0.2, -0.15) is 0 Å². The predicted octanol–water partition coefficient (Wildman–Crippen LogP) is 22.6. The molecule has 0 bridgehead atoms. The van der Waals surface area contributed by atoms with Gasteiger partial charge in [0.2, 0.25) is 0 Å². The molecule has 0 aliphatic heterocycles. The molecule has 0 fully saturated rings. The van der Waals surface area contributed by atoms with Gasteiger partial charge in [0.05, 0.1) is 0 Å². The molecule has 0 saturated heterocycles. The molecule has 0 aromatic heterocycles. The van der Waals surface area contributed by atoms with Crippen molar-refractivity contribution in [1.29, 1.82) is 0 Å². The number of rotatable bonds is 49. The molecule has 0 unspecified atom stereocenters. The second kappa shape index (κ2) is 45.7. The van der Waals surface area contributed by atoms with Crippen molar-refractivity contribution in [3.05, 3.63) is 0 Å². The van der Waals surface area contributed by atoms with Gasteiger partial charge in [0.1, 0.15) is 0 Å². The van der Waals surface area contributed by atoms with E-state index in [9.17, 15) is 0 Å². The molecule has 58 heavy (non-hydrogen) atoms. The van der Waals surface area contributed by atoms with E-state index in [1.165, 1.54) is 250 Å². The summed E-state index contributed by atoms with van der Waals surface area (Å²) in [7, 11) is 0. The van der Waals surface area contributed by atoms with E-state index in [1.807, 2.05) is 0 Å². The van der Waals surface area contributed by atoms with E-state index in [0.29, 0.717) is 0 Å². The Bertz CT molecular complexity index is 657. The molecule has 0 aromatic carbocycles. The number of unbranched alkanes of at least 4 members (excludes halogenated alkanes) is 36. The first-order chi connectivity index (χ1) is 28.2. The monoisotopic (exact) mass is 851 g/mol. The molecule has 350 valence electrons. The van der Waals surface area contributed by atoms with Crippen LogP contribution >= 0.6 is 0 Å². The molecule has 0 aromatic rings. The standard InChI is InChI=1S/3C18H37.C3H7.Ti/c3*1-4-5-6-7-8-9-10-11-12-13-14-15-16-17-18(2)3;1-3-2;/h3*18H,1,4-17H2,2-3H3;3H,1-2H3;. The van der Waals surface area contributed by atoms with Crippen LogP contribution in [0, 0.1) is 17.8 Å². The fourth-order valence-corrected chi connectivity index (χ4v) is 18.5. The van der Waals surface area contributed by atoms with Gasteiger partial charge in [0, 0.05) is 0 Å². The molecule has 0 rings (SSSR count). The normalized spacial score (nSPS) is 12.4. The molecular weight excluding hydrogens is 732 g/mol. The zero-order valence-corrected chi connectivity index (χ0v) is 44.2. The van der Waals surface area contributed by atoms with Crippen LogP contribution in [0.5, 0.6) is 0 Å². The van der Waals surface area contributed by atoms with Gasteiger partial charge in [0.15, 0.2) is 0 Å². The molecule has 0 spiro atoms. The van der Waals surface area contributed by atoms with Crippen molar-refractivity contribution in [2.24, 2.45) is 17.8 Å². The minimum absolute atomic E-state index is 0.891. The summed E-state index contributed by atoms with van der Waals surface area (Å²) < 4.78 is 6.12. The maximum absolute atomic E-state index is 2.68. The number of hydrogen-bond donors (Lipinski definition) is 0. The molecule has 0 radical (unpaired) electrons. The van der Waals surface area contributed by atoms with Crippen molar-refractivity contribution in [2.75, 3.05) is 0 Å². The minimum atomic E-state index is -1.83. The van der Waals surface area contributed by atoms with E-state index >= 15 is 0 Å². The van der Waals surface area contributed by atoms with Gasteiger partial charge >= 0.3 is 261 Å². The predicted molar refractivity (Wildman–Crippen MR) is 268 cm³/mol.